The Bertz CT molecular complexity index is 1430. The molecule has 0 aliphatic carbocycles. The Balaban J connectivity index is 0.000000663. The van der Waals surface area contributed by atoms with Gasteiger partial charge in [-0.3, -0.25) is 0 Å². The summed E-state index contributed by atoms with van der Waals surface area (Å²) in [5.74, 6) is 0. The molecule has 0 spiro atoms. The average molecular weight is 804 g/mol. The molecule has 4 rings (SSSR count). The van der Waals surface area contributed by atoms with Crippen LogP contribution in [0.2, 0.25) is 0 Å². The van der Waals surface area contributed by atoms with Gasteiger partial charge in [0.2, 0.25) is 0 Å². The molecule has 0 aromatic heterocycles. The minimum absolute atomic E-state index is 0. The second-order valence-electron chi connectivity index (χ2n) is 16.5. The molecule has 0 atom stereocenters. The van der Waals surface area contributed by atoms with Crippen LogP contribution in [0.3, 0.4) is 0 Å². The van der Waals surface area contributed by atoms with Crippen molar-refractivity contribution in [1.82, 2.24) is 4.90 Å². The fraction of sp³-hybridized carbons (Fsp3) is 0.444. The first-order chi connectivity index (χ1) is 23.3. The van der Waals surface area contributed by atoms with E-state index in [2.05, 4.69) is 174 Å². The standard InChI is InChI=1S/3C12H18N.C9H11N2S.Mo/c3*1-9-6-10(2)8-11(7-9)13-12(3,4)5;1-11(2)9(10)12-8-6-4-3-5-7-8;/h3*6-8H,1-5H3;3-7H,1-2H3;/q4*-1;+4. The van der Waals surface area contributed by atoms with Crippen LogP contribution in [-0.2, 0) is 21.1 Å². The third kappa shape index (κ3) is 24.1. The van der Waals surface area contributed by atoms with Crippen molar-refractivity contribution in [3.8, 4) is 0 Å². The summed E-state index contributed by atoms with van der Waals surface area (Å²) in [6.45, 7) is 31.7. The molecule has 52 heavy (non-hydrogen) atoms. The van der Waals surface area contributed by atoms with Gasteiger partial charge in [-0.25, -0.2) is 0 Å². The largest absolute Gasteiger partial charge is 4.00 e. The van der Waals surface area contributed by atoms with E-state index in [1.165, 1.54) is 45.1 Å². The summed E-state index contributed by atoms with van der Waals surface area (Å²) in [6, 6.07) is 29.0. The van der Waals surface area contributed by atoms with E-state index in [4.69, 9.17) is 0 Å². The van der Waals surface area contributed by atoms with Crippen LogP contribution in [0.1, 0.15) is 95.7 Å². The summed E-state index contributed by atoms with van der Waals surface area (Å²) in [4.78, 5) is 2.72. The van der Waals surface area contributed by atoms with Crippen molar-refractivity contribution in [2.75, 3.05) is 14.1 Å². The van der Waals surface area contributed by atoms with Gasteiger partial charge in [0.1, 0.15) is 0 Å². The predicted molar refractivity (Wildman–Crippen MR) is 230 cm³/mol. The van der Waals surface area contributed by atoms with Crippen molar-refractivity contribution in [2.24, 2.45) is 0 Å². The molecule has 0 aliphatic heterocycles. The molecule has 5 nitrogen and oxygen atoms in total. The van der Waals surface area contributed by atoms with Crippen molar-refractivity contribution in [3.05, 3.63) is 140 Å². The maximum Gasteiger partial charge on any atom is 4.00 e. The van der Waals surface area contributed by atoms with Crippen LogP contribution in [0.15, 0.2) is 89.8 Å². The van der Waals surface area contributed by atoms with E-state index in [1.54, 1.807) is 4.90 Å². The smallest absolute Gasteiger partial charge is 0.680 e. The van der Waals surface area contributed by atoms with Crippen molar-refractivity contribution < 1.29 is 21.1 Å². The van der Waals surface area contributed by atoms with Crippen molar-refractivity contribution in [2.45, 2.75) is 125 Å². The first-order valence-corrected chi connectivity index (χ1v) is 18.5. The van der Waals surface area contributed by atoms with Gasteiger partial charge >= 0.3 is 21.1 Å². The first-order valence-electron chi connectivity index (χ1n) is 17.7. The molecule has 0 bridgehead atoms. The van der Waals surface area contributed by atoms with E-state index in [1.807, 2.05) is 44.4 Å². The molecule has 4 aromatic rings. The molecule has 7 heteroatoms. The third-order valence-corrected chi connectivity index (χ3v) is 7.40. The quantitative estimate of drug-likeness (QED) is 0.0892. The van der Waals surface area contributed by atoms with Crippen LogP contribution in [0.4, 0.5) is 17.1 Å². The van der Waals surface area contributed by atoms with Gasteiger partial charge < -0.3 is 26.3 Å². The van der Waals surface area contributed by atoms with E-state index in [0.717, 1.165) is 22.0 Å². The van der Waals surface area contributed by atoms with Crippen LogP contribution in [0.5, 0.6) is 0 Å². The second-order valence-corrected chi connectivity index (χ2v) is 17.5. The normalized spacial score (nSPS) is 10.8. The van der Waals surface area contributed by atoms with Gasteiger partial charge in [0.25, 0.3) is 0 Å². The number of hydrogen-bond donors (Lipinski definition) is 0. The summed E-state index contributed by atoms with van der Waals surface area (Å²) < 4.78 is 0. The van der Waals surface area contributed by atoms with E-state index in [0.29, 0.717) is 5.17 Å². The molecule has 0 N–H and O–H groups in total. The maximum atomic E-state index is 9.39. The minimum atomic E-state index is 0. The molecular weight excluding hydrogens is 739 g/mol. The van der Waals surface area contributed by atoms with Gasteiger partial charge in [-0.2, -0.15) is 0 Å². The molecule has 0 saturated carbocycles. The van der Waals surface area contributed by atoms with Gasteiger partial charge in [0.05, 0.1) is 0 Å². The topological polar surface area (TPSA) is 67.8 Å². The minimum Gasteiger partial charge on any atom is -0.680 e. The summed E-state index contributed by atoms with van der Waals surface area (Å²) in [5, 5.41) is 23.5. The van der Waals surface area contributed by atoms with Gasteiger partial charge in [-0.05, 0) is 58.8 Å². The fourth-order valence-corrected chi connectivity index (χ4v) is 5.58. The number of hydrogen-bond acceptors (Lipinski definition) is 1. The SMILES string of the molecule is CN(C)C(=[N-])Sc1ccccc1.Cc1cc(C)cc([N-]C(C)(C)C)c1.Cc1cc(C)cc([N-]C(C)(C)C)c1.Cc1cc(C)cc([N-]C(C)(C)C)c1.[Mo+4]. The third-order valence-electron chi connectivity index (χ3n) is 6.35. The Morgan fingerprint density at radius 1 is 0.481 bits per heavy atom. The zero-order chi connectivity index (χ0) is 39.2. The van der Waals surface area contributed by atoms with Crippen molar-refractivity contribution in [3.63, 3.8) is 0 Å². The zero-order valence-corrected chi connectivity index (χ0v) is 38.0. The van der Waals surface area contributed by atoms with Crippen molar-refractivity contribution >= 4 is 34.0 Å². The van der Waals surface area contributed by atoms with Gasteiger partial charge in [-0.15, -0.1) is 33.7 Å². The van der Waals surface area contributed by atoms with Crippen LogP contribution < -0.4 is 0 Å². The Morgan fingerprint density at radius 2 is 0.731 bits per heavy atom. The molecule has 0 amide bonds. The number of amidine groups is 1. The van der Waals surface area contributed by atoms with Crippen LogP contribution in [-0.4, -0.2) is 40.8 Å². The van der Waals surface area contributed by atoms with E-state index in [-0.39, 0.29) is 37.7 Å². The molecule has 0 aliphatic rings. The number of nitrogens with zero attached hydrogens (tertiary/aromatic N) is 5. The molecule has 0 radical (unpaired) electrons. The molecule has 0 heterocycles. The number of thioether (sulfide) groups is 1. The zero-order valence-electron chi connectivity index (χ0n) is 35.1. The Labute approximate surface area is 337 Å². The Hall–Kier alpha value is -3.21. The molecule has 0 saturated heterocycles. The summed E-state index contributed by atoms with van der Waals surface area (Å²) in [6.07, 6.45) is 0. The second kappa shape index (κ2) is 22.1. The first kappa shape index (κ1) is 48.8. The van der Waals surface area contributed by atoms with Gasteiger partial charge in [-0.1, -0.05) is 194 Å². The summed E-state index contributed by atoms with van der Waals surface area (Å²) >= 11 is 1.35. The van der Waals surface area contributed by atoms with Crippen LogP contribution in [0, 0.1) is 41.5 Å². The van der Waals surface area contributed by atoms with E-state index >= 15 is 0 Å². The predicted octanol–water partition coefficient (Wildman–Crippen LogP) is 14.6. The molecule has 0 fully saturated rings. The maximum absolute atomic E-state index is 9.39. The van der Waals surface area contributed by atoms with E-state index < -0.39 is 0 Å². The average Bonchev–Trinajstić information content (AvgIpc) is 2.90. The molecule has 0 unspecified atom stereocenters. The summed E-state index contributed by atoms with van der Waals surface area (Å²) in [5.41, 5.74) is 11.0. The number of benzene rings is 4. The fourth-order valence-electron chi connectivity index (χ4n) is 4.89. The van der Waals surface area contributed by atoms with E-state index in [9.17, 15) is 5.41 Å². The van der Waals surface area contributed by atoms with Crippen molar-refractivity contribution in [1.29, 1.82) is 0 Å². The van der Waals surface area contributed by atoms with Gasteiger partial charge in [0, 0.05) is 4.90 Å². The van der Waals surface area contributed by atoms with Crippen LogP contribution in [0.25, 0.3) is 21.4 Å². The molecular formula is C45H65MoN5S. The Kier molecular flexibility index (Phi) is 20.7. The monoisotopic (exact) mass is 805 g/mol. The summed E-state index contributed by atoms with van der Waals surface area (Å²) in [7, 11) is 3.62. The van der Waals surface area contributed by atoms with Gasteiger partial charge in [0.15, 0.2) is 0 Å². The number of rotatable bonds is 4. The van der Waals surface area contributed by atoms with Crippen LogP contribution >= 0.6 is 11.8 Å². The molecule has 4 aromatic carbocycles. The number of aryl methyl sites for hydroxylation is 6. The molecule has 282 valence electrons. The Morgan fingerprint density at radius 3 is 0.942 bits per heavy atom.